The molecule has 0 aliphatic carbocycles. The van der Waals surface area contributed by atoms with Gasteiger partial charge in [-0.25, -0.2) is 0 Å². The van der Waals surface area contributed by atoms with Crippen LogP contribution in [0.1, 0.15) is 61.6 Å². The zero-order valence-corrected chi connectivity index (χ0v) is 14.8. The zero-order valence-electron chi connectivity index (χ0n) is 14.8. The number of hydrogen-bond donors (Lipinski definition) is 0. The fourth-order valence-corrected chi connectivity index (χ4v) is 2.84. The fraction of sp³-hybridized carbons (Fsp3) is 0.409. The topological polar surface area (TPSA) is 26.3 Å². The van der Waals surface area contributed by atoms with Gasteiger partial charge in [0.2, 0.25) is 0 Å². The Balaban J connectivity index is 2.13. The fourth-order valence-electron chi connectivity index (χ4n) is 2.84. The highest BCUT2D eigenvalue weighted by Gasteiger charge is 2.23. The Morgan fingerprint density at radius 1 is 0.958 bits per heavy atom. The molecule has 2 atom stereocenters. The van der Waals surface area contributed by atoms with Crippen LogP contribution in [0.15, 0.2) is 60.7 Å². The number of benzene rings is 2. The molecule has 128 valence electrons. The summed E-state index contributed by atoms with van der Waals surface area (Å²) in [6.07, 6.45) is 4.13. The Morgan fingerprint density at radius 2 is 1.58 bits per heavy atom. The first kappa shape index (κ1) is 18.4. The Morgan fingerprint density at radius 3 is 2.17 bits per heavy atom. The molecule has 0 aliphatic rings. The zero-order chi connectivity index (χ0) is 17.2. The standard InChI is InChI=1S/C22H28O2/c1-3-5-12-18(4-2)17-24-22(20-15-10-7-11-16-20)21(23)19-13-8-6-9-14-19/h6-11,13-16,18,22H,3-5,12,17H2,1-2H3/t18-,22-/m0/s1. The maximum absolute atomic E-state index is 12.9. The van der Waals surface area contributed by atoms with Crippen molar-refractivity contribution in [3.05, 3.63) is 71.8 Å². The van der Waals surface area contributed by atoms with Gasteiger partial charge in [-0.1, -0.05) is 93.8 Å². The summed E-state index contributed by atoms with van der Waals surface area (Å²) in [5.41, 5.74) is 1.63. The number of ketones is 1. The SMILES string of the molecule is CCCC[C@H](CC)CO[C@H](C(=O)c1ccccc1)c1ccccc1. The summed E-state index contributed by atoms with van der Waals surface area (Å²) in [7, 11) is 0. The lowest BCUT2D eigenvalue weighted by Crippen LogP contribution is -2.20. The van der Waals surface area contributed by atoms with Gasteiger partial charge in [0.1, 0.15) is 6.10 Å². The van der Waals surface area contributed by atoms with Crippen LogP contribution in [-0.4, -0.2) is 12.4 Å². The average molecular weight is 324 g/mol. The molecule has 0 saturated heterocycles. The van der Waals surface area contributed by atoms with Crippen molar-refractivity contribution in [1.29, 1.82) is 0 Å². The second-order valence-electron chi connectivity index (χ2n) is 6.27. The van der Waals surface area contributed by atoms with Gasteiger partial charge in [-0.2, -0.15) is 0 Å². The molecule has 0 heterocycles. The maximum atomic E-state index is 12.9. The molecule has 0 aromatic heterocycles. The largest absolute Gasteiger partial charge is 0.365 e. The second kappa shape index (κ2) is 10.0. The van der Waals surface area contributed by atoms with Crippen molar-refractivity contribution in [3.8, 4) is 0 Å². The molecule has 0 saturated carbocycles. The summed E-state index contributed by atoms with van der Waals surface area (Å²) < 4.78 is 6.14. The Kier molecular flexibility index (Phi) is 7.70. The van der Waals surface area contributed by atoms with Crippen LogP contribution >= 0.6 is 0 Å². The molecule has 2 aromatic rings. The summed E-state index contributed by atoms with van der Waals surface area (Å²) in [6.45, 7) is 5.04. The van der Waals surface area contributed by atoms with E-state index in [0.717, 1.165) is 18.4 Å². The third-order valence-electron chi connectivity index (χ3n) is 4.44. The molecule has 2 rings (SSSR count). The van der Waals surface area contributed by atoms with Gasteiger partial charge in [0.25, 0.3) is 0 Å². The molecular formula is C22H28O2. The van der Waals surface area contributed by atoms with Crippen LogP contribution in [0.2, 0.25) is 0 Å². The van der Waals surface area contributed by atoms with Gasteiger partial charge in [-0.05, 0) is 17.9 Å². The molecule has 0 radical (unpaired) electrons. The lowest BCUT2D eigenvalue weighted by Gasteiger charge is -2.21. The molecule has 0 unspecified atom stereocenters. The lowest BCUT2D eigenvalue weighted by atomic mass is 9.98. The number of hydrogen-bond acceptors (Lipinski definition) is 2. The lowest BCUT2D eigenvalue weighted by molar-refractivity contribution is 0.0242. The van der Waals surface area contributed by atoms with Gasteiger partial charge in [0.05, 0.1) is 6.61 Å². The third-order valence-corrected chi connectivity index (χ3v) is 4.44. The normalized spacial score (nSPS) is 13.4. The van der Waals surface area contributed by atoms with Gasteiger partial charge in [0, 0.05) is 5.56 Å². The second-order valence-corrected chi connectivity index (χ2v) is 6.27. The minimum atomic E-state index is -0.524. The molecule has 2 nitrogen and oxygen atoms in total. The summed E-state index contributed by atoms with van der Waals surface area (Å²) in [5, 5.41) is 0. The summed E-state index contributed by atoms with van der Waals surface area (Å²) >= 11 is 0. The van der Waals surface area contributed by atoms with E-state index in [0.29, 0.717) is 18.1 Å². The smallest absolute Gasteiger partial charge is 0.196 e. The van der Waals surface area contributed by atoms with Crippen molar-refractivity contribution in [3.63, 3.8) is 0 Å². The monoisotopic (exact) mass is 324 g/mol. The van der Waals surface area contributed by atoms with Crippen LogP contribution in [0.4, 0.5) is 0 Å². The van der Waals surface area contributed by atoms with E-state index >= 15 is 0 Å². The summed E-state index contributed by atoms with van der Waals surface area (Å²) in [5.74, 6) is 0.548. The van der Waals surface area contributed by atoms with Crippen LogP contribution in [0.5, 0.6) is 0 Å². The molecule has 0 bridgehead atoms. The van der Waals surface area contributed by atoms with E-state index in [1.807, 2.05) is 60.7 Å². The van der Waals surface area contributed by atoms with Gasteiger partial charge in [-0.15, -0.1) is 0 Å². The van der Waals surface area contributed by atoms with Gasteiger partial charge in [-0.3, -0.25) is 4.79 Å². The molecule has 0 aliphatic heterocycles. The van der Waals surface area contributed by atoms with Gasteiger partial charge < -0.3 is 4.74 Å². The van der Waals surface area contributed by atoms with Crippen LogP contribution < -0.4 is 0 Å². The first-order chi connectivity index (χ1) is 11.8. The van der Waals surface area contributed by atoms with Crippen LogP contribution in [0, 0.1) is 5.92 Å². The molecule has 24 heavy (non-hydrogen) atoms. The third kappa shape index (κ3) is 5.31. The van der Waals surface area contributed by atoms with Crippen LogP contribution in [0.3, 0.4) is 0 Å². The van der Waals surface area contributed by atoms with E-state index in [1.165, 1.54) is 12.8 Å². The molecular weight excluding hydrogens is 296 g/mol. The number of rotatable bonds is 10. The van der Waals surface area contributed by atoms with Crippen LogP contribution in [-0.2, 0) is 4.74 Å². The highest BCUT2D eigenvalue weighted by molar-refractivity contribution is 6.00. The van der Waals surface area contributed by atoms with E-state index in [1.54, 1.807) is 0 Å². The molecule has 0 spiro atoms. The number of unbranched alkanes of at least 4 members (excludes halogenated alkanes) is 1. The van der Waals surface area contributed by atoms with E-state index in [-0.39, 0.29) is 5.78 Å². The average Bonchev–Trinajstić information content (AvgIpc) is 2.65. The molecule has 2 aromatic carbocycles. The quantitative estimate of drug-likeness (QED) is 0.513. The van der Waals surface area contributed by atoms with Crippen molar-refractivity contribution in [1.82, 2.24) is 0 Å². The van der Waals surface area contributed by atoms with Crippen LogP contribution in [0.25, 0.3) is 0 Å². The summed E-state index contributed by atoms with van der Waals surface area (Å²) in [4.78, 5) is 12.9. The first-order valence-electron chi connectivity index (χ1n) is 9.02. The molecule has 0 fully saturated rings. The predicted molar refractivity (Wildman–Crippen MR) is 99.2 cm³/mol. The van der Waals surface area contributed by atoms with Crippen molar-refractivity contribution >= 4 is 5.78 Å². The van der Waals surface area contributed by atoms with Gasteiger partial charge in [0.15, 0.2) is 5.78 Å². The highest BCUT2D eigenvalue weighted by atomic mass is 16.5. The number of ether oxygens (including phenoxy) is 1. The summed E-state index contributed by atoms with van der Waals surface area (Å²) in [6, 6.07) is 19.2. The first-order valence-corrected chi connectivity index (χ1v) is 9.02. The van der Waals surface area contributed by atoms with Gasteiger partial charge >= 0.3 is 0 Å². The molecule has 0 N–H and O–H groups in total. The van der Waals surface area contributed by atoms with Crippen molar-refractivity contribution < 1.29 is 9.53 Å². The predicted octanol–water partition coefficient (Wildman–Crippen LogP) is 5.84. The Labute approximate surface area is 145 Å². The van der Waals surface area contributed by atoms with E-state index < -0.39 is 6.10 Å². The minimum absolute atomic E-state index is 0.0344. The van der Waals surface area contributed by atoms with Crippen molar-refractivity contribution in [2.75, 3.05) is 6.61 Å². The minimum Gasteiger partial charge on any atom is -0.365 e. The molecule has 0 amide bonds. The molecule has 2 heteroatoms. The Bertz CT molecular complexity index is 592. The van der Waals surface area contributed by atoms with E-state index in [4.69, 9.17) is 4.74 Å². The number of Topliss-reactive ketones (excluding diaryl/α,β-unsaturated/α-hetero) is 1. The highest BCUT2D eigenvalue weighted by Crippen LogP contribution is 2.25. The van der Waals surface area contributed by atoms with E-state index in [2.05, 4.69) is 13.8 Å². The Hall–Kier alpha value is -1.93. The van der Waals surface area contributed by atoms with E-state index in [9.17, 15) is 4.79 Å². The van der Waals surface area contributed by atoms with Crippen molar-refractivity contribution in [2.24, 2.45) is 5.92 Å². The maximum Gasteiger partial charge on any atom is 0.196 e. The van der Waals surface area contributed by atoms with Crippen molar-refractivity contribution in [2.45, 2.75) is 45.6 Å². The number of carbonyl (C=O) groups excluding carboxylic acids is 1. The number of carbonyl (C=O) groups is 1.